The van der Waals surface area contributed by atoms with Gasteiger partial charge in [0, 0.05) is 31.8 Å². The largest absolute Gasteiger partial charge is 0.489 e. The first-order chi connectivity index (χ1) is 16.7. The number of nitrogens with zero attached hydrogens (tertiary/aromatic N) is 4. The molecule has 178 valence electrons. The number of hydrogen-bond donors (Lipinski definition) is 1. The molecule has 1 aromatic carbocycles. The van der Waals surface area contributed by atoms with Crippen LogP contribution in [0.2, 0.25) is 0 Å². The van der Waals surface area contributed by atoms with Crippen molar-refractivity contribution in [2.75, 3.05) is 44.8 Å². The van der Waals surface area contributed by atoms with E-state index in [0.29, 0.717) is 43.6 Å². The number of Topliss-reactive ketones (excluding diaryl/α,β-unsaturated/α-hetero) is 1. The van der Waals surface area contributed by atoms with E-state index in [2.05, 4.69) is 20.2 Å². The number of ketones is 1. The highest BCUT2D eigenvalue weighted by Gasteiger charge is 2.36. The van der Waals surface area contributed by atoms with Crippen LogP contribution in [0, 0.1) is 0 Å². The lowest BCUT2D eigenvalue weighted by molar-refractivity contribution is -0.128. The van der Waals surface area contributed by atoms with Crippen LogP contribution in [0.1, 0.15) is 31.0 Å². The second kappa shape index (κ2) is 10.3. The number of hydrogen-bond acceptors (Lipinski definition) is 7. The minimum absolute atomic E-state index is 0.141. The lowest BCUT2D eigenvalue weighted by atomic mass is 9.96. The number of anilines is 1. The Labute approximate surface area is 198 Å². The number of imidazole rings is 1. The number of para-hydroxylation sites is 2. The van der Waals surface area contributed by atoms with Crippen molar-refractivity contribution >= 4 is 28.4 Å². The molecule has 1 saturated heterocycles. The Morgan fingerprint density at radius 2 is 1.94 bits per heavy atom. The van der Waals surface area contributed by atoms with Crippen molar-refractivity contribution in [1.29, 1.82) is 0 Å². The number of rotatable bonds is 9. The Morgan fingerprint density at radius 1 is 1.09 bits per heavy atom. The summed E-state index contributed by atoms with van der Waals surface area (Å²) in [6, 6.07) is 9.36. The van der Waals surface area contributed by atoms with Gasteiger partial charge in [0.25, 0.3) is 0 Å². The molecule has 2 aromatic heterocycles. The van der Waals surface area contributed by atoms with E-state index in [9.17, 15) is 9.59 Å². The highest BCUT2D eigenvalue weighted by Crippen LogP contribution is 2.31. The van der Waals surface area contributed by atoms with Gasteiger partial charge in [-0.25, -0.2) is 4.98 Å². The molecular weight excluding hydrogens is 434 g/mol. The molecule has 1 unspecified atom stereocenters. The first-order valence-electron chi connectivity index (χ1n) is 11.9. The Kier molecular flexibility index (Phi) is 6.82. The zero-order chi connectivity index (χ0) is 23.3. The van der Waals surface area contributed by atoms with Crippen LogP contribution in [0.25, 0.3) is 11.0 Å². The zero-order valence-electron chi connectivity index (χ0n) is 19.1. The van der Waals surface area contributed by atoms with Crippen LogP contribution in [0.3, 0.4) is 0 Å². The van der Waals surface area contributed by atoms with E-state index in [-0.39, 0.29) is 12.2 Å². The van der Waals surface area contributed by atoms with Gasteiger partial charge < -0.3 is 24.3 Å². The Bertz CT molecular complexity index is 1170. The van der Waals surface area contributed by atoms with Gasteiger partial charge in [-0.15, -0.1) is 0 Å². The third-order valence-electron chi connectivity index (χ3n) is 6.38. The molecule has 0 aliphatic carbocycles. The smallest absolute Gasteiger partial charge is 0.242 e. The molecule has 0 bridgehead atoms. The standard InChI is InChI=1S/C25H29N5O4/c31-21-8-12-30-20-6-2-1-5-18(20)27-24(30)23(21)25(32)28-19-17-26-9-7-22(19)34-16-15-33-14-13-29-10-3-4-11-29/h1-2,5-7,9,17,23H,3-4,8,10-16H2,(H,28,32). The number of benzene rings is 1. The normalized spacial score (nSPS) is 18.2. The number of nitrogens with one attached hydrogen (secondary N) is 1. The number of carbonyl (C=O) groups excluding carboxylic acids is 2. The van der Waals surface area contributed by atoms with Gasteiger partial charge in [-0.1, -0.05) is 12.1 Å². The van der Waals surface area contributed by atoms with Crippen LogP contribution in [0.5, 0.6) is 5.75 Å². The van der Waals surface area contributed by atoms with Crippen LogP contribution in [-0.4, -0.2) is 70.6 Å². The number of amides is 1. The van der Waals surface area contributed by atoms with E-state index in [1.54, 1.807) is 12.3 Å². The minimum atomic E-state index is -0.969. The van der Waals surface area contributed by atoms with E-state index in [4.69, 9.17) is 9.47 Å². The fourth-order valence-electron chi connectivity index (χ4n) is 4.64. The number of ether oxygens (including phenoxy) is 2. The Morgan fingerprint density at radius 3 is 2.82 bits per heavy atom. The van der Waals surface area contributed by atoms with Crippen molar-refractivity contribution in [3.63, 3.8) is 0 Å². The molecule has 9 nitrogen and oxygen atoms in total. The van der Waals surface area contributed by atoms with E-state index < -0.39 is 11.8 Å². The summed E-state index contributed by atoms with van der Waals surface area (Å²) in [6.45, 7) is 5.25. The molecule has 9 heteroatoms. The third-order valence-corrected chi connectivity index (χ3v) is 6.38. The molecule has 4 heterocycles. The molecule has 1 N–H and O–H groups in total. The molecule has 3 aromatic rings. The topological polar surface area (TPSA) is 98.6 Å². The van der Waals surface area contributed by atoms with Crippen LogP contribution < -0.4 is 10.1 Å². The van der Waals surface area contributed by atoms with Crippen LogP contribution >= 0.6 is 0 Å². The maximum Gasteiger partial charge on any atom is 0.242 e. The predicted octanol–water partition coefficient (Wildman–Crippen LogP) is 2.62. The van der Waals surface area contributed by atoms with Crippen molar-refractivity contribution in [2.24, 2.45) is 0 Å². The lowest BCUT2D eigenvalue weighted by Crippen LogP contribution is -2.34. The molecule has 1 amide bonds. The highest BCUT2D eigenvalue weighted by molar-refractivity contribution is 6.12. The van der Waals surface area contributed by atoms with Crippen LogP contribution in [-0.2, 0) is 20.9 Å². The molecule has 0 saturated carbocycles. The fraction of sp³-hybridized carbons (Fsp3) is 0.440. The van der Waals surface area contributed by atoms with E-state index in [0.717, 1.165) is 30.7 Å². The maximum atomic E-state index is 13.2. The second-order valence-electron chi connectivity index (χ2n) is 8.63. The van der Waals surface area contributed by atoms with Gasteiger partial charge in [0.15, 0.2) is 11.7 Å². The summed E-state index contributed by atoms with van der Waals surface area (Å²) < 4.78 is 13.5. The van der Waals surface area contributed by atoms with E-state index >= 15 is 0 Å². The van der Waals surface area contributed by atoms with Crippen molar-refractivity contribution in [1.82, 2.24) is 19.4 Å². The first kappa shape index (κ1) is 22.5. The number of likely N-dealkylation sites (tertiary alicyclic amines) is 1. The quantitative estimate of drug-likeness (QED) is 0.385. The molecule has 5 rings (SSSR count). The summed E-state index contributed by atoms with van der Waals surface area (Å²) in [7, 11) is 0. The van der Waals surface area contributed by atoms with E-state index in [1.165, 1.54) is 19.0 Å². The summed E-state index contributed by atoms with van der Waals surface area (Å²) >= 11 is 0. The average Bonchev–Trinajstić information content (AvgIpc) is 3.49. The van der Waals surface area contributed by atoms with Crippen molar-refractivity contribution < 1.29 is 19.1 Å². The maximum absolute atomic E-state index is 13.2. The summed E-state index contributed by atoms with van der Waals surface area (Å²) in [4.78, 5) is 37.0. The fourth-order valence-corrected chi connectivity index (χ4v) is 4.64. The van der Waals surface area contributed by atoms with Gasteiger partial charge in [0.2, 0.25) is 5.91 Å². The van der Waals surface area contributed by atoms with Gasteiger partial charge in [-0.05, 0) is 38.1 Å². The summed E-state index contributed by atoms with van der Waals surface area (Å²) in [5.41, 5.74) is 2.13. The molecule has 1 fully saturated rings. The number of carbonyl (C=O) groups is 2. The average molecular weight is 464 g/mol. The molecule has 2 aliphatic heterocycles. The number of aryl methyl sites for hydroxylation is 1. The monoisotopic (exact) mass is 463 g/mol. The van der Waals surface area contributed by atoms with Crippen LogP contribution in [0.15, 0.2) is 42.7 Å². The first-order valence-corrected chi connectivity index (χ1v) is 11.9. The van der Waals surface area contributed by atoms with E-state index in [1.807, 2.05) is 28.8 Å². The molecule has 34 heavy (non-hydrogen) atoms. The molecule has 1 atom stereocenters. The predicted molar refractivity (Wildman–Crippen MR) is 127 cm³/mol. The third kappa shape index (κ3) is 4.80. The summed E-state index contributed by atoms with van der Waals surface area (Å²) in [5.74, 6) is -0.571. The Hall–Kier alpha value is -3.30. The SMILES string of the molecule is O=C1CCn2c(nc3ccccc32)C1C(=O)Nc1cnccc1OCCOCCN1CCCC1. The number of pyridine rings is 1. The summed E-state index contributed by atoms with van der Waals surface area (Å²) in [6.07, 6.45) is 5.95. The molecule has 2 aliphatic rings. The van der Waals surface area contributed by atoms with Gasteiger partial charge >= 0.3 is 0 Å². The van der Waals surface area contributed by atoms with Crippen molar-refractivity contribution in [2.45, 2.75) is 31.7 Å². The van der Waals surface area contributed by atoms with Crippen LogP contribution in [0.4, 0.5) is 5.69 Å². The molecular formula is C25H29N5O4. The van der Waals surface area contributed by atoms with Gasteiger partial charge in [-0.2, -0.15) is 0 Å². The summed E-state index contributed by atoms with van der Waals surface area (Å²) in [5, 5.41) is 2.84. The minimum Gasteiger partial charge on any atom is -0.489 e. The number of fused-ring (bicyclic) bond motifs is 3. The van der Waals surface area contributed by atoms with Gasteiger partial charge in [0.05, 0.1) is 30.4 Å². The second-order valence-corrected chi connectivity index (χ2v) is 8.63. The number of aromatic nitrogens is 3. The Balaban J connectivity index is 1.21. The van der Waals surface area contributed by atoms with Gasteiger partial charge in [-0.3, -0.25) is 14.6 Å². The van der Waals surface area contributed by atoms with Gasteiger partial charge in [0.1, 0.15) is 23.9 Å². The zero-order valence-corrected chi connectivity index (χ0v) is 19.1. The molecule has 0 spiro atoms. The van der Waals surface area contributed by atoms with Crippen molar-refractivity contribution in [3.8, 4) is 5.75 Å². The highest BCUT2D eigenvalue weighted by atomic mass is 16.5. The van der Waals surface area contributed by atoms with Crippen molar-refractivity contribution in [3.05, 3.63) is 48.5 Å². The molecule has 0 radical (unpaired) electrons. The lowest BCUT2D eigenvalue weighted by Gasteiger charge is -2.22.